The number of rotatable bonds is 6. The zero-order valence-electron chi connectivity index (χ0n) is 6.26. The maximum Gasteiger partial charge on any atom is 0.313 e. The third-order valence-corrected chi connectivity index (χ3v) is 1.01. The smallest absolute Gasteiger partial charge is 0.313 e. The lowest BCUT2D eigenvalue weighted by Gasteiger charge is -2.06. The third kappa shape index (κ3) is 4.32. The highest BCUT2D eigenvalue weighted by Crippen LogP contribution is 1.94. The Morgan fingerprint density at radius 2 is 1.92 bits per heavy atom. The minimum Gasteiger partial charge on any atom is -0.454 e. The first kappa shape index (κ1) is 10.5. The number of aldehydes is 3. The SMILES string of the molecule is O=CCC(=O)OC(C=O)CC=O. The monoisotopic (exact) mass is 172 g/mol. The molecule has 1 unspecified atom stereocenters. The van der Waals surface area contributed by atoms with E-state index in [4.69, 9.17) is 0 Å². The van der Waals surface area contributed by atoms with E-state index in [-0.39, 0.29) is 6.42 Å². The van der Waals surface area contributed by atoms with Crippen LogP contribution in [0.3, 0.4) is 0 Å². The van der Waals surface area contributed by atoms with Crippen molar-refractivity contribution >= 4 is 24.8 Å². The summed E-state index contributed by atoms with van der Waals surface area (Å²) in [5.41, 5.74) is 0. The van der Waals surface area contributed by atoms with Gasteiger partial charge in [-0.25, -0.2) is 0 Å². The van der Waals surface area contributed by atoms with E-state index in [1.165, 1.54) is 0 Å². The van der Waals surface area contributed by atoms with Crippen LogP contribution < -0.4 is 0 Å². The van der Waals surface area contributed by atoms with E-state index in [1.54, 1.807) is 0 Å². The van der Waals surface area contributed by atoms with Crippen LogP contribution in [0.4, 0.5) is 0 Å². The molecule has 0 rings (SSSR count). The Hall–Kier alpha value is -1.52. The lowest BCUT2D eigenvalue weighted by atomic mass is 10.3. The second-order valence-corrected chi connectivity index (χ2v) is 1.94. The Bertz CT molecular complexity index is 186. The zero-order chi connectivity index (χ0) is 9.40. The molecule has 5 heteroatoms. The number of hydrogen-bond donors (Lipinski definition) is 0. The van der Waals surface area contributed by atoms with Crippen molar-refractivity contribution in [2.75, 3.05) is 0 Å². The number of esters is 1. The Morgan fingerprint density at radius 1 is 1.25 bits per heavy atom. The van der Waals surface area contributed by atoms with Gasteiger partial charge in [0, 0.05) is 6.42 Å². The van der Waals surface area contributed by atoms with E-state index in [2.05, 4.69) is 4.74 Å². The predicted molar refractivity (Wildman–Crippen MR) is 37.3 cm³/mol. The second-order valence-electron chi connectivity index (χ2n) is 1.94. The standard InChI is InChI=1S/C7H8O5/c8-3-1-6(5-10)12-7(11)2-4-9/h3-6H,1-2H2. The molecular weight excluding hydrogens is 164 g/mol. The first-order valence-electron chi connectivity index (χ1n) is 3.26. The van der Waals surface area contributed by atoms with Crippen molar-refractivity contribution in [1.82, 2.24) is 0 Å². The molecule has 12 heavy (non-hydrogen) atoms. The van der Waals surface area contributed by atoms with Crippen LogP contribution in [0.5, 0.6) is 0 Å². The predicted octanol–water partition coefficient (Wildman–Crippen LogP) is -0.725. The number of ether oxygens (including phenoxy) is 1. The Kier molecular flexibility index (Phi) is 5.42. The van der Waals surface area contributed by atoms with E-state index < -0.39 is 18.5 Å². The van der Waals surface area contributed by atoms with Gasteiger partial charge in [0.2, 0.25) is 0 Å². The van der Waals surface area contributed by atoms with Gasteiger partial charge in [0.25, 0.3) is 0 Å². The van der Waals surface area contributed by atoms with Crippen LogP contribution in [0.2, 0.25) is 0 Å². The lowest BCUT2D eigenvalue weighted by Crippen LogP contribution is -2.20. The molecule has 0 aromatic carbocycles. The molecule has 0 aromatic rings. The summed E-state index contributed by atoms with van der Waals surface area (Å²) in [6.07, 6.45) is -0.456. The Morgan fingerprint density at radius 3 is 2.33 bits per heavy atom. The summed E-state index contributed by atoms with van der Waals surface area (Å²) >= 11 is 0. The van der Waals surface area contributed by atoms with Crippen molar-refractivity contribution in [2.45, 2.75) is 18.9 Å². The summed E-state index contributed by atoms with van der Waals surface area (Å²) in [4.78, 5) is 40.3. The number of carbonyl (C=O) groups is 4. The van der Waals surface area contributed by atoms with Gasteiger partial charge in [0.1, 0.15) is 19.0 Å². The van der Waals surface area contributed by atoms with Crippen molar-refractivity contribution in [3.05, 3.63) is 0 Å². The van der Waals surface area contributed by atoms with Gasteiger partial charge in [-0.05, 0) is 0 Å². The summed E-state index contributed by atoms with van der Waals surface area (Å²) < 4.78 is 4.41. The normalized spacial score (nSPS) is 11.3. The molecule has 0 saturated heterocycles. The van der Waals surface area contributed by atoms with Gasteiger partial charge in [0.15, 0.2) is 12.4 Å². The van der Waals surface area contributed by atoms with Crippen molar-refractivity contribution in [2.24, 2.45) is 0 Å². The Balaban J connectivity index is 3.83. The molecule has 66 valence electrons. The molecule has 0 N–H and O–H groups in total. The summed E-state index contributed by atoms with van der Waals surface area (Å²) in [6, 6.07) is 0. The molecule has 0 aliphatic rings. The first-order valence-corrected chi connectivity index (χ1v) is 3.26. The van der Waals surface area contributed by atoms with Crippen LogP contribution in [0.25, 0.3) is 0 Å². The summed E-state index contributed by atoms with van der Waals surface area (Å²) in [7, 11) is 0. The van der Waals surface area contributed by atoms with E-state index in [0.717, 1.165) is 0 Å². The average molecular weight is 172 g/mol. The van der Waals surface area contributed by atoms with E-state index in [9.17, 15) is 19.2 Å². The fraction of sp³-hybridized carbons (Fsp3) is 0.429. The molecule has 0 aliphatic carbocycles. The topological polar surface area (TPSA) is 77.5 Å². The second kappa shape index (κ2) is 6.21. The molecule has 0 amide bonds. The van der Waals surface area contributed by atoms with Gasteiger partial charge in [-0.3, -0.25) is 9.59 Å². The van der Waals surface area contributed by atoms with Gasteiger partial charge >= 0.3 is 5.97 Å². The van der Waals surface area contributed by atoms with Gasteiger partial charge in [-0.15, -0.1) is 0 Å². The van der Waals surface area contributed by atoms with Crippen LogP contribution in [0.1, 0.15) is 12.8 Å². The Labute approximate surface area is 68.7 Å². The molecule has 0 spiro atoms. The molecular formula is C7H8O5. The average Bonchev–Trinajstić information content (AvgIpc) is 2.04. The highest BCUT2D eigenvalue weighted by molar-refractivity contribution is 5.85. The summed E-state index contributed by atoms with van der Waals surface area (Å²) in [6.45, 7) is 0. The molecule has 0 heterocycles. The maximum atomic E-state index is 10.6. The van der Waals surface area contributed by atoms with Gasteiger partial charge in [-0.1, -0.05) is 0 Å². The summed E-state index contributed by atoms with van der Waals surface area (Å²) in [5.74, 6) is -0.802. The van der Waals surface area contributed by atoms with E-state index >= 15 is 0 Å². The minimum absolute atomic E-state index is 0.173. The zero-order valence-corrected chi connectivity index (χ0v) is 6.26. The fourth-order valence-corrected chi connectivity index (χ4v) is 0.511. The van der Waals surface area contributed by atoms with Crippen molar-refractivity contribution in [3.63, 3.8) is 0 Å². The van der Waals surface area contributed by atoms with Crippen LogP contribution in [-0.2, 0) is 23.9 Å². The maximum absolute atomic E-state index is 10.6. The molecule has 0 fully saturated rings. The highest BCUT2D eigenvalue weighted by atomic mass is 16.5. The lowest BCUT2D eigenvalue weighted by molar-refractivity contribution is -0.152. The van der Waals surface area contributed by atoms with Gasteiger partial charge in [-0.2, -0.15) is 0 Å². The molecule has 0 aromatic heterocycles. The molecule has 0 radical (unpaired) electrons. The van der Waals surface area contributed by atoms with Crippen LogP contribution >= 0.6 is 0 Å². The minimum atomic E-state index is -1.06. The molecule has 0 aliphatic heterocycles. The molecule has 5 nitrogen and oxygen atoms in total. The molecule has 0 bridgehead atoms. The highest BCUT2D eigenvalue weighted by Gasteiger charge is 2.11. The summed E-state index contributed by atoms with van der Waals surface area (Å²) in [5, 5.41) is 0. The van der Waals surface area contributed by atoms with Crippen molar-refractivity contribution < 1.29 is 23.9 Å². The third-order valence-electron chi connectivity index (χ3n) is 1.01. The van der Waals surface area contributed by atoms with Gasteiger partial charge < -0.3 is 14.3 Å². The molecule has 0 saturated carbocycles. The van der Waals surface area contributed by atoms with Gasteiger partial charge in [0.05, 0.1) is 0 Å². The largest absolute Gasteiger partial charge is 0.454 e. The van der Waals surface area contributed by atoms with Crippen LogP contribution in [-0.4, -0.2) is 30.9 Å². The first-order chi connectivity index (χ1) is 5.74. The molecule has 1 atom stereocenters. The van der Waals surface area contributed by atoms with Crippen LogP contribution in [0.15, 0.2) is 0 Å². The van der Waals surface area contributed by atoms with E-state index in [1.807, 2.05) is 0 Å². The quantitative estimate of drug-likeness (QED) is 0.300. The number of hydrogen-bond acceptors (Lipinski definition) is 5. The van der Waals surface area contributed by atoms with Crippen molar-refractivity contribution in [3.8, 4) is 0 Å². The van der Waals surface area contributed by atoms with E-state index in [0.29, 0.717) is 18.9 Å². The number of carbonyl (C=O) groups excluding carboxylic acids is 4. The van der Waals surface area contributed by atoms with Crippen LogP contribution in [0, 0.1) is 0 Å². The fourth-order valence-electron chi connectivity index (χ4n) is 0.511. The van der Waals surface area contributed by atoms with Crippen molar-refractivity contribution in [1.29, 1.82) is 0 Å².